The zero-order chi connectivity index (χ0) is 9.19. The Hall–Kier alpha value is -0.810. The molecule has 1 aromatic heterocycles. The predicted octanol–water partition coefficient (Wildman–Crippen LogP) is 0.421. The highest BCUT2D eigenvalue weighted by Gasteiger charge is 2.24. The van der Waals surface area contributed by atoms with Crippen molar-refractivity contribution in [2.75, 3.05) is 0 Å². The molecule has 0 radical (unpaired) electrons. The Bertz CT molecular complexity index is 263. The van der Waals surface area contributed by atoms with Gasteiger partial charge in [-0.2, -0.15) is 8.75 Å². The van der Waals surface area contributed by atoms with Crippen LogP contribution in [-0.2, 0) is 11.2 Å². The van der Waals surface area contributed by atoms with E-state index >= 15 is 0 Å². The molecule has 1 heterocycles. The van der Waals surface area contributed by atoms with Crippen molar-refractivity contribution in [3.63, 3.8) is 0 Å². The van der Waals surface area contributed by atoms with Gasteiger partial charge in [-0.1, -0.05) is 0 Å². The first-order valence-corrected chi connectivity index (χ1v) is 4.25. The molecule has 12 heavy (non-hydrogen) atoms. The third kappa shape index (κ3) is 2.35. The van der Waals surface area contributed by atoms with E-state index in [9.17, 15) is 9.90 Å². The highest BCUT2D eigenvalue weighted by molar-refractivity contribution is 6.99. The summed E-state index contributed by atoms with van der Waals surface area (Å²) in [5.41, 5.74) is -0.656. The molecule has 0 aromatic carbocycles. The molecule has 0 aliphatic carbocycles. The molecule has 1 rings (SSSR count). The molecular formula is C7H10N2O2S. The normalized spacial score (nSPS) is 11.6. The molecule has 0 atom stereocenters. The lowest BCUT2D eigenvalue weighted by atomic mass is 10.0. The van der Waals surface area contributed by atoms with E-state index in [0.29, 0.717) is 5.69 Å². The summed E-state index contributed by atoms with van der Waals surface area (Å²) in [5, 5.41) is 9.29. The summed E-state index contributed by atoms with van der Waals surface area (Å²) >= 11 is 1.06. The number of rotatable bonds is 3. The lowest BCUT2D eigenvalue weighted by Gasteiger charge is -2.13. The molecule has 0 amide bonds. The number of ketones is 1. The average molecular weight is 186 g/mol. The van der Waals surface area contributed by atoms with Gasteiger partial charge in [-0.05, 0) is 13.8 Å². The van der Waals surface area contributed by atoms with E-state index in [2.05, 4.69) is 8.75 Å². The topological polar surface area (TPSA) is 63.1 Å². The van der Waals surface area contributed by atoms with Crippen molar-refractivity contribution in [3.05, 3.63) is 11.9 Å². The van der Waals surface area contributed by atoms with Crippen molar-refractivity contribution < 1.29 is 9.90 Å². The smallest absolute Gasteiger partial charge is 0.169 e. The van der Waals surface area contributed by atoms with Crippen LogP contribution in [0.2, 0.25) is 0 Å². The fourth-order valence-corrected chi connectivity index (χ4v) is 1.08. The molecule has 4 nitrogen and oxygen atoms in total. The summed E-state index contributed by atoms with van der Waals surface area (Å²) in [4.78, 5) is 11.2. The summed E-state index contributed by atoms with van der Waals surface area (Å²) in [7, 11) is 0. The molecule has 0 unspecified atom stereocenters. The maximum Gasteiger partial charge on any atom is 0.169 e. The molecule has 0 aliphatic rings. The van der Waals surface area contributed by atoms with Gasteiger partial charge >= 0.3 is 0 Å². The Morgan fingerprint density at radius 2 is 2.42 bits per heavy atom. The minimum atomic E-state index is -1.27. The summed E-state index contributed by atoms with van der Waals surface area (Å²) in [6.07, 6.45) is 1.69. The summed E-state index contributed by atoms with van der Waals surface area (Å²) in [6, 6.07) is 0. The van der Waals surface area contributed by atoms with Crippen LogP contribution in [0.4, 0.5) is 0 Å². The highest BCUT2D eigenvalue weighted by Crippen LogP contribution is 2.07. The van der Waals surface area contributed by atoms with Crippen molar-refractivity contribution in [1.82, 2.24) is 8.75 Å². The van der Waals surface area contributed by atoms with Gasteiger partial charge in [0.25, 0.3) is 0 Å². The minimum Gasteiger partial charge on any atom is -0.383 e. The van der Waals surface area contributed by atoms with Gasteiger partial charge in [-0.25, -0.2) is 0 Å². The Kier molecular flexibility index (Phi) is 2.54. The second-order valence-electron chi connectivity index (χ2n) is 3.06. The van der Waals surface area contributed by atoms with Crippen molar-refractivity contribution >= 4 is 17.5 Å². The SMILES string of the molecule is CC(C)(O)C(=O)Cc1cnsn1. The zero-order valence-corrected chi connectivity index (χ0v) is 7.76. The molecule has 0 spiro atoms. The Morgan fingerprint density at radius 3 is 2.83 bits per heavy atom. The lowest BCUT2D eigenvalue weighted by Crippen LogP contribution is -2.32. The predicted molar refractivity (Wildman–Crippen MR) is 44.9 cm³/mol. The van der Waals surface area contributed by atoms with Crippen LogP contribution in [0.3, 0.4) is 0 Å². The Labute approximate surface area is 74.6 Å². The van der Waals surface area contributed by atoms with Crippen LogP contribution in [0.1, 0.15) is 19.5 Å². The number of hydrogen-bond donors (Lipinski definition) is 1. The molecule has 1 N–H and O–H groups in total. The third-order valence-corrected chi connectivity index (χ3v) is 1.95. The van der Waals surface area contributed by atoms with Crippen LogP contribution in [0.25, 0.3) is 0 Å². The maximum absolute atomic E-state index is 11.2. The van der Waals surface area contributed by atoms with Crippen molar-refractivity contribution in [3.8, 4) is 0 Å². The van der Waals surface area contributed by atoms with Crippen molar-refractivity contribution in [1.29, 1.82) is 0 Å². The summed E-state index contributed by atoms with van der Waals surface area (Å²) in [5.74, 6) is -0.241. The van der Waals surface area contributed by atoms with E-state index in [1.165, 1.54) is 20.0 Å². The number of aromatic nitrogens is 2. The third-order valence-electron chi connectivity index (χ3n) is 1.43. The number of hydrogen-bond acceptors (Lipinski definition) is 5. The molecule has 0 saturated carbocycles. The average Bonchev–Trinajstić information content (AvgIpc) is 2.37. The van der Waals surface area contributed by atoms with Gasteiger partial charge in [0.15, 0.2) is 5.78 Å². The fraction of sp³-hybridized carbons (Fsp3) is 0.571. The first-order valence-electron chi connectivity index (χ1n) is 3.52. The van der Waals surface area contributed by atoms with Gasteiger partial charge in [0.1, 0.15) is 5.60 Å². The summed E-state index contributed by atoms with van der Waals surface area (Å²) < 4.78 is 7.62. The number of nitrogens with zero attached hydrogens (tertiary/aromatic N) is 2. The van der Waals surface area contributed by atoms with Crippen LogP contribution in [0.15, 0.2) is 6.20 Å². The fourth-order valence-electron chi connectivity index (χ4n) is 0.643. The molecule has 1 aromatic rings. The van der Waals surface area contributed by atoms with Gasteiger partial charge in [0.2, 0.25) is 0 Å². The van der Waals surface area contributed by atoms with E-state index in [1.807, 2.05) is 0 Å². The van der Waals surface area contributed by atoms with E-state index in [-0.39, 0.29) is 12.2 Å². The van der Waals surface area contributed by atoms with Crippen LogP contribution >= 0.6 is 11.7 Å². The first-order chi connectivity index (χ1) is 5.50. The molecule has 0 bridgehead atoms. The molecule has 66 valence electrons. The second-order valence-corrected chi connectivity index (χ2v) is 3.61. The Balaban J connectivity index is 2.60. The van der Waals surface area contributed by atoms with Gasteiger partial charge in [0, 0.05) is 0 Å². The first kappa shape index (κ1) is 9.28. The molecular weight excluding hydrogens is 176 g/mol. The zero-order valence-electron chi connectivity index (χ0n) is 6.94. The van der Waals surface area contributed by atoms with Crippen molar-refractivity contribution in [2.24, 2.45) is 0 Å². The van der Waals surface area contributed by atoms with Gasteiger partial charge < -0.3 is 5.11 Å². The minimum absolute atomic E-state index is 0.153. The molecule has 0 aliphatic heterocycles. The second kappa shape index (κ2) is 3.28. The number of carbonyl (C=O) groups is 1. The monoisotopic (exact) mass is 186 g/mol. The number of carbonyl (C=O) groups excluding carboxylic acids is 1. The standard InChI is InChI=1S/C7H10N2O2S/c1-7(2,11)6(10)3-5-4-8-12-9-5/h4,11H,3H2,1-2H3. The van der Waals surface area contributed by atoms with E-state index < -0.39 is 5.60 Å². The van der Waals surface area contributed by atoms with Crippen LogP contribution in [-0.4, -0.2) is 25.2 Å². The van der Waals surface area contributed by atoms with Crippen LogP contribution in [0, 0.1) is 0 Å². The van der Waals surface area contributed by atoms with Gasteiger partial charge in [-0.3, -0.25) is 4.79 Å². The molecule has 5 heteroatoms. The van der Waals surface area contributed by atoms with Crippen LogP contribution in [0.5, 0.6) is 0 Å². The number of Topliss-reactive ketones (excluding diaryl/α,β-unsaturated/α-hetero) is 1. The molecule has 0 fully saturated rings. The van der Waals surface area contributed by atoms with E-state index in [1.54, 1.807) is 0 Å². The Morgan fingerprint density at radius 1 is 1.75 bits per heavy atom. The molecule has 0 saturated heterocycles. The maximum atomic E-state index is 11.2. The van der Waals surface area contributed by atoms with Crippen molar-refractivity contribution in [2.45, 2.75) is 25.9 Å². The highest BCUT2D eigenvalue weighted by atomic mass is 32.1. The number of aliphatic hydroxyl groups is 1. The summed E-state index contributed by atoms with van der Waals surface area (Å²) in [6.45, 7) is 2.93. The van der Waals surface area contributed by atoms with Gasteiger partial charge in [0.05, 0.1) is 30.0 Å². The lowest BCUT2D eigenvalue weighted by molar-refractivity contribution is -0.133. The van der Waals surface area contributed by atoms with Crippen LogP contribution < -0.4 is 0 Å². The quantitative estimate of drug-likeness (QED) is 0.743. The van der Waals surface area contributed by atoms with Gasteiger partial charge in [-0.15, -0.1) is 0 Å². The van der Waals surface area contributed by atoms with E-state index in [4.69, 9.17) is 0 Å². The largest absolute Gasteiger partial charge is 0.383 e. The van der Waals surface area contributed by atoms with E-state index in [0.717, 1.165) is 11.7 Å².